The summed E-state index contributed by atoms with van der Waals surface area (Å²) in [6.45, 7) is 6.55. The molecule has 4 aromatic carbocycles. The van der Waals surface area contributed by atoms with Gasteiger partial charge in [-0.3, -0.25) is 38.9 Å². The number of nitrogens with one attached hydrogen (secondary N) is 7. The Morgan fingerprint density at radius 2 is 1.22 bits per heavy atom. The fourth-order valence-electron chi connectivity index (χ4n) is 11.0. The molecule has 0 saturated carbocycles. The van der Waals surface area contributed by atoms with Crippen molar-refractivity contribution in [3.05, 3.63) is 108 Å². The standard InChI is InChI=1S/C62H84N10O16/c1-5-6-7-28-88-44-22-18-39(19-23-44)37-10-8-36(9-11-37)38-12-14-41(15-13-38)56(81)66-45-30-47(77)55(65-27-26-64-25-24-63)70-60(85)51-52(78)33(2)31-72(51)62(87)49(35(4)74)68-59(84)50(54(80)53(79)40-16-20-42(75)21-17-40)69-58(83)46-29-43(76)32-71(46)61(86)48(34(3)73)67-57(45)82/h8-23,33-35,43,45-55,64-65,73-80H,5-7,24-32,63H2,1-4H3,(H,66,81)(H,67,82)(H,68,84)(H,69,83)(H,70,85)/t33-,34+,35+,43+,45?,46?,47+,48?,49?,50?,51?,52-,53-,54-,55-/m0/s1. The second-order valence-corrected chi connectivity index (χ2v) is 22.8. The molecule has 0 aromatic heterocycles. The molecule has 0 bridgehead atoms. The average molecular weight is 1230 g/mol. The molecule has 26 nitrogen and oxygen atoms in total. The van der Waals surface area contributed by atoms with Gasteiger partial charge in [0.05, 0.1) is 37.1 Å². The normalized spacial score (nSPS) is 26.5. The van der Waals surface area contributed by atoms with Crippen LogP contribution in [0.2, 0.25) is 0 Å². The SMILES string of the molecule is CCCCCOc1ccc(-c2ccc(-c3ccc(C(=O)NC4C[C@@H](O)[C@@H](NCCNCCN)NC(=O)C5[C@@H](O)[C@@H](C)CN5C(=O)C([C@@H](C)O)NC(=O)C([C@H](O)[C@@H](O)c5ccc(O)cc5)NC(=O)C5C[C@@H](O)CN5C(=O)C([C@@H](C)O)NC4=O)cc3)cc2)cc1. The Kier molecular flexibility index (Phi) is 24.3. The van der Waals surface area contributed by atoms with Gasteiger partial charge in [-0.1, -0.05) is 87.4 Å². The van der Waals surface area contributed by atoms with Crippen LogP contribution in [0.3, 0.4) is 0 Å². The summed E-state index contributed by atoms with van der Waals surface area (Å²) in [4.78, 5) is 104. The Hall–Kier alpha value is -7.63. The number of phenolic OH excluding ortho intramolecular Hbond substituents is 1. The van der Waals surface area contributed by atoms with E-state index in [1.165, 1.54) is 43.3 Å². The van der Waals surface area contributed by atoms with E-state index in [2.05, 4.69) is 44.1 Å². The van der Waals surface area contributed by atoms with E-state index in [4.69, 9.17) is 10.5 Å². The number of nitrogens with zero attached hydrogens (tertiary/aromatic N) is 2. The van der Waals surface area contributed by atoms with E-state index in [0.29, 0.717) is 13.2 Å². The number of aliphatic hydroxyl groups is 7. The Labute approximate surface area is 510 Å². The minimum Gasteiger partial charge on any atom is -0.508 e. The highest BCUT2D eigenvalue weighted by Gasteiger charge is 2.50. The lowest BCUT2D eigenvalue weighted by Crippen LogP contribution is -2.64. The summed E-state index contributed by atoms with van der Waals surface area (Å²) < 4.78 is 5.87. The summed E-state index contributed by atoms with van der Waals surface area (Å²) in [5.74, 6) is -8.16. The zero-order valence-corrected chi connectivity index (χ0v) is 49.7. The van der Waals surface area contributed by atoms with E-state index >= 15 is 0 Å². The molecule has 4 aromatic rings. The number of carbonyl (C=O) groups excluding carboxylic acids is 7. The maximum Gasteiger partial charge on any atom is 0.251 e. The third-order valence-electron chi connectivity index (χ3n) is 16.1. The number of phenols is 1. The van der Waals surface area contributed by atoms with Gasteiger partial charge in [0.2, 0.25) is 35.4 Å². The van der Waals surface area contributed by atoms with E-state index in [-0.39, 0.29) is 43.1 Å². The lowest BCUT2D eigenvalue weighted by molar-refractivity contribution is -0.148. The largest absolute Gasteiger partial charge is 0.508 e. The zero-order chi connectivity index (χ0) is 63.9. The van der Waals surface area contributed by atoms with Crippen LogP contribution in [0.15, 0.2) is 97.1 Å². The van der Waals surface area contributed by atoms with E-state index < -0.39 is 152 Å². The van der Waals surface area contributed by atoms with Gasteiger partial charge in [-0.15, -0.1) is 0 Å². The summed E-state index contributed by atoms with van der Waals surface area (Å²) in [6.07, 6.45) is -12.3. The molecule has 26 heteroatoms. The van der Waals surface area contributed by atoms with Crippen molar-refractivity contribution in [3.63, 3.8) is 0 Å². The fraction of sp³-hybridized carbons (Fsp3) is 0.500. The third-order valence-corrected chi connectivity index (χ3v) is 16.1. The molecule has 3 aliphatic heterocycles. The van der Waals surface area contributed by atoms with Crippen LogP contribution >= 0.6 is 0 Å². The number of fused-ring (bicyclic) bond motifs is 2. The number of benzene rings is 4. The molecule has 0 spiro atoms. The number of hydrogen-bond acceptors (Lipinski definition) is 19. The van der Waals surface area contributed by atoms with Gasteiger partial charge in [0, 0.05) is 63.6 Å². The first-order chi connectivity index (χ1) is 42.0. The summed E-state index contributed by atoms with van der Waals surface area (Å²) in [5, 5.41) is 109. The highest BCUT2D eigenvalue weighted by atomic mass is 16.5. The van der Waals surface area contributed by atoms with Crippen LogP contribution in [0, 0.1) is 5.92 Å². The van der Waals surface area contributed by atoms with E-state index in [1.54, 1.807) is 12.1 Å². The molecule has 88 heavy (non-hydrogen) atoms. The minimum atomic E-state index is -2.29. The summed E-state index contributed by atoms with van der Waals surface area (Å²) in [5.41, 5.74) is 9.15. The number of amides is 7. The Bertz CT molecular complexity index is 2990. The maximum absolute atomic E-state index is 14.8. The van der Waals surface area contributed by atoms with Crippen molar-refractivity contribution in [2.24, 2.45) is 11.7 Å². The van der Waals surface area contributed by atoms with Crippen LogP contribution in [-0.2, 0) is 28.8 Å². The molecule has 0 aliphatic carbocycles. The van der Waals surface area contributed by atoms with Crippen molar-refractivity contribution < 1.29 is 79.2 Å². The summed E-state index contributed by atoms with van der Waals surface area (Å²) in [7, 11) is 0. The number of aliphatic hydroxyl groups excluding tert-OH is 7. The van der Waals surface area contributed by atoms with Crippen LogP contribution in [-0.4, -0.2) is 217 Å². The molecule has 7 amide bonds. The fourth-order valence-corrected chi connectivity index (χ4v) is 11.0. The van der Waals surface area contributed by atoms with Gasteiger partial charge in [-0.2, -0.15) is 0 Å². The van der Waals surface area contributed by atoms with Crippen molar-refractivity contribution in [1.82, 2.24) is 47.0 Å². The molecule has 3 fully saturated rings. The molecule has 0 radical (unpaired) electrons. The highest BCUT2D eigenvalue weighted by Crippen LogP contribution is 2.30. The zero-order valence-electron chi connectivity index (χ0n) is 49.7. The lowest BCUT2D eigenvalue weighted by Gasteiger charge is -2.34. The quantitative estimate of drug-likeness (QED) is 0.0435. The second kappa shape index (κ2) is 31.5. The summed E-state index contributed by atoms with van der Waals surface area (Å²) >= 11 is 0. The van der Waals surface area contributed by atoms with Gasteiger partial charge >= 0.3 is 0 Å². The predicted molar refractivity (Wildman–Crippen MR) is 321 cm³/mol. The number of nitrogens with two attached hydrogens (primary N) is 1. The van der Waals surface area contributed by atoms with Gasteiger partial charge in [0.15, 0.2) is 0 Å². The first kappa shape index (κ1) is 67.9. The average Bonchev–Trinajstić information content (AvgIpc) is 2.10. The topological polar surface area (TPSA) is 407 Å². The van der Waals surface area contributed by atoms with Crippen LogP contribution in [0.1, 0.15) is 81.8 Å². The molecule has 3 aliphatic rings. The number of ether oxygens (including phenoxy) is 1. The van der Waals surface area contributed by atoms with E-state index in [9.17, 15) is 74.4 Å². The molecule has 17 N–H and O–H groups in total. The minimum absolute atomic E-state index is 0.0210. The van der Waals surface area contributed by atoms with Crippen LogP contribution in [0.5, 0.6) is 11.5 Å². The molecule has 3 saturated heterocycles. The smallest absolute Gasteiger partial charge is 0.251 e. The predicted octanol–water partition coefficient (Wildman–Crippen LogP) is -1.78. The third kappa shape index (κ3) is 17.2. The van der Waals surface area contributed by atoms with Crippen LogP contribution in [0.25, 0.3) is 22.3 Å². The molecule has 6 unspecified atom stereocenters. The van der Waals surface area contributed by atoms with Crippen molar-refractivity contribution in [1.29, 1.82) is 0 Å². The van der Waals surface area contributed by atoms with Gasteiger partial charge < -0.3 is 93.0 Å². The summed E-state index contributed by atoms with van der Waals surface area (Å²) in [6, 6.07) is 15.3. The Morgan fingerprint density at radius 1 is 0.659 bits per heavy atom. The highest BCUT2D eigenvalue weighted by molar-refractivity contribution is 6.00. The van der Waals surface area contributed by atoms with Gasteiger partial charge in [-0.05, 0) is 84.5 Å². The second-order valence-electron chi connectivity index (χ2n) is 22.8. The maximum atomic E-state index is 14.8. The van der Waals surface area contributed by atoms with Gasteiger partial charge in [-0.25, -0.2) is 0 Å². The van der Waals surface area contributed by atoms with E-state index in [1.807, 2.05) is 48.5 Å². The first-order valence-electron chi connectivity index (χ1n) is 29.8. The number of rotatable bonds is 20. The van der Waals surface area contributed by atoms with Crippen molar-refractivity contribution in [3.8, 4) is 33.8 Å². The monoisotopic (exact) mass is 1220 g/mol. The van der Waals surface area contributed by atoms with Crippen LogP contribution in [0.4, 0.5) is 0 Å². The molecule has 7 rings (SSSR count). The molecular formula is C62H84N10O16. The van der Waals surface area contributed by atoms with Crippen molar-refractivity contribution >= 4 is 41.4 Å². The molecule has 3 heterocycles. The molecule has 15 atom stereocenters. The number of carbonyl (C=O) groups is 7. The molecular weight excluding hydrogens is 1140 g/mol. The Morgan fingerprint density at radius 3 is 1.80 bits per heavy atom. The Balaban J connectivity index is 1.22. The van der Waals surface area contributed by atoms with Crippen molar-refractivity contribution in [2.75, 3.05) is 45.9 Å². The first-order valence-corrected chi connectivity index (χ1v) is 29.8. The van der Waals surface area contributed by atoms with Gasteiger partial charge in [0.25, 0.3) is 5.91 Å². The van der Waals surface area contributed by atoms with Crippen LogP contribution < -0.4 is 47.7 Å². The number of unbranched alkanes of at least 4 members (excludes halogenated alkanes) is 2. The van der Waals surface area contributed by atoms with E-state index in [0.717, 1.165) is 70.9 Å². The number of hydrogen-bond donors (Lipinski definition) is 16. The van der Waals surface area contributed by atoms with Gasteiger partial charge in [0.1, 0.15) is 66.1 Å². The van der Waals surface area contributed by atoms with Crippen molar-refractivity contribution in [2.45, 2.75) is 145 Å². The lowest BCUT2D eigenvalue weighted by atomic mass is 9.96. The molecule has 478 valence electrons. The number of aromatic hydroxyl groups is 1.